The van der Waals surface area contributed by atoms with Crippen molar-refractivity contribution in [2.24, 2.45) is 0 Å². The highest BCUT2D eigenvalue weighted by Crippen LogP contribution is 2.16. The molecule has 7 nitrogen and oxygen atoms in total. The van der Waals surface area contributed by atoms with E-state index in [1.54, 1.807) is 17.0 Å². The van der Waals surface area contributed by atoms with Crippen molar-refractivity contribution in [2.75, 3.05) is 0 Å². The third kappa shape index (κ3) is 3.01. The monoisotopic (exact) mass is 321 g/mol. The maximum Gasteiger partial charge on any atom is 0.158 e. The standard InChI is InChI=1S/C17H19N7/c1-2-5-15-14(22-10-16(19)24(15)12-18)11-23-9-8-21-17(23)13-6-3-4-7-20-13/h3-4,6-10,12,18-19H,2,5,11H2,1H3. The summed E-state index contributed by atoms with van der Waals surface area (Å²) in [5, 5.41) is 15.5. The number of hydrogen-bond donors (Lipinski definition) is 2. The molecular weight excluding hydrogens is 302 g/mol. The predicted molar refractivity (Wildman–Crippen MR) is 90.8 cm³/mol. The number of hydrogen-bond acceptors (Lipinski definition) is 5. The second-order valence-corrected chi connectivity index (χ2v) is 5.38. The minimum atomic E-state index is 0.216. The number of nitrogens with zero attached hydrogens (tertiary/aromatic N) is 5. The minimum absolute atomic E-state index is 0.216. The van der Waals surface area contributed by atoms with Gasteiger partial charge in [0.2, 0.25) is 0 Å². The van der Waals surface area contributed by atoms with Crippen LogP contribution in [0.4, 0.5) is 0 Å². The van der Waals surface area contributed by atoms with Gasteiger partial charge in [0.15, 0.2) is 5.82 Å². The van der Waals surface area contributed by atoms with Crippen LogP contribution in [0.15, 0.2) is 43.0 Å². The van der Waals surface area contributed by atoms with Crippen LogP contribution in [-0.2, 0) is 13.0 Å². The lowest BCUT2D eigenvalue weighted by atomic mass is 10.2. The van der Waals surface area contributed by atoms with Gasteiger partial charge in [-0.05, 0) is 18.6 Å². The zero-order valence-electron chi connectivity index (χ0n) is 13.5. The summed E-state index contributed by atoms with van der Waals surface area (Å²) in [6, 6.07) is 5.72. The summed E-state index contributed by atoms with van der Waals surface area (Å²) in [5.41, 5.74) is 2.75. The Bertz CT molecular complexity index is 893. The second kappa shape index (κ2) is 6.99. The van der Waals surface area contributed by atoms with Crippen LogP contribution in [0.5, 0.6) is 0 Å². The topological polar surface area (TPSA) is 96.2 Å². The molecule has 2 N–H and O–H groups in total. The number of nitrogens with one attached hydrogen (secondary N) is 2. The summed E-state index contributed by atoms with van der Waals surface area (Å²) >= 11 is 0. The lowest BCUT2D eigenvalue weighted by Crippen LogP contribution is -2.26. The Hall–Kier alpha value is -3.09. The van der Waals surface area contributed by atoms with Gasteiger partial charge >= 0.3 is 0 Å². The summed E-state index contributed by atoms with van der Waals surface area (Å²) in [6.45, 7) is 2.60. The smallest absolute Gasteiger partial charge is 0.158 e. The molecule has 0 aliphatic heterocycles. The molecule has 0 saturated carbocycles. The normalized spacial score (nSPS) is 10.7. The van der Waals surface area contributed by atoms with Crippen LogP contribution in [0.2, 0.25) is 0 Å². The van der Waals surface area contributed by atoms with Crippen LogP contribution in [0.25, 0.3) is 11.5 Å². The van der Waals surface area contributed by atoms with E-state index in [2.05, 4.69) is 21.9 Å². The Balaban J connectivity index is 2.03. The van der Waals surface area contributed by atoms with Crippen LogP contribution in [0, 0.1) is 10.8 Å². The quantitative estimate of drug-likeness (QED) is 0.537. The molecule has 0 bridgehead atoms. The van der Waals surface area contributed by atoms with Crippen molar-refractivity contribution < 1.29 is 0 Å². The van der Waals surface area contributed by atoms with E-state index in [1.807, 2.05) is 29.0 Å². The maximum atomic E-state index is 7.93. The molecule has 0 aromatic carbocycles. The SMILES string of the molecule is CCCc1c(Cn2ccnc2-c2ccccn2)ncc(=N)n1C=N. The van der Waals surface area contributed by atoms with E-state index >= 15 is 0 Å². The summed E-state index contributed by atoms with van der Waals surface area (Å²) in [6.07, 6.45) is 9.72. The summed E-state index contributed by atoms with van der Waals surface area (Å²) in [7, 11) is 0. The van der Waals surface area contributed by atoms with Crippen molar-refractivity contribution in [3.05, 3.63) is 59.9 Å². The first-order valence-electron chi connectivity index (χ1n) is 7.81. The second-order valence-electron chi connectivity index (χ2n) is 5.38. The van der Waals surface area contributed by atoms with Crippen LogP contribution < -0.4 is 5.49 Å². The van der Waals surface area contributed by atoms with E-state index in [1.165, 1.54) is 12.5 Å². The lowest BCUT2D eigenvalue weighted by Gasteiger charge is -2.14. The lowest BCUT2D eigenvalue weighted by molar-refractivity contribution is 0.712. The van der Waals surface area contributed by atoms with E-state index in [0.29, 0.717) is 6.54 Å². The third-order valence-electron chi connectivity index (χ3n) is 3.77. The predicted octanol–water partition coefficient (Wildman–Crippen LogP) is 2.08. The fourth-order valence-corrected chi connectivity index (χ4v) is 2.67. The Morgan fingerprint density at radius 3 is 2.75 bits per heavy atom. The third-order valence-corrected chi connectivity index (χ3v) is 3.77. The number of rotatable bonds is 6. The minimum Gasteiger partial charge on any atom is -0.324 e. The molecule has 0 aliphatic carbocycles. The molecule has 0 amide bonds. The summed E-state index contributed by atoms with van der Waals surface area (Å²) in [5.74, 6) is 0.774. The van der Waals surface area contributed by atoms with E-state index in [9.17, 15) is 0 Å². The van der Waals surface area contributed by atoms with Gasteiger partial charge in [-0.25, -0.2) is 4.98 Å². The highest BCUT2D eigenvalue weighted by atomic mass is 15.1. The fraction of sp³-hybridized carbons (Fsp3) is 0.235. The molecule has 3 aromatic rings. The van der Waals surface area contributed by atoms with E-state index in [-0.39, 0.29) is 5.49 Å². The van der Waals surface area contributed by atoms with Crippen molar-refractivity contribution in [1.82, 2.24) is 24.1 Å². The molecule has 0 fully saturated rings. The van der Waals surface area contributed by atoms with E-state index in [4.69, 9.17) is 10.8 Å². The molecule has 7 heteroatoms. The van der Waals surface area contributed by atoms with Gasteiger partial charge in [-0.3, -0.25) is 25.4 Å². The van der Waals surface area contributed by atoms with E-state index in [0.717, 1.165) is 35.7 Å². The highest BCUT2D eigenvalue weighted by molar-refractivity contribution is 5.56. The first kappa shape index (κ1) is 15.8. The van der Waals surface area contributed by atoms with E-state index < -0.39 is 0 Å². The number of aromatic nitrogens is 5. The first-order valence-corrected chi connectivity index (χ1v) is 7.81. The van der Waals surface area contributed by atoms with Crippen LogP contribution in [0.3, 0.4) is 0 Å². The number of imidazole rings is 1. The van der Waals surface area contributed by atoms with Crippen molar-refractivity contribution in [2.45, 2.75) is 26.3 Å². The molecule has 0 aliphatic rings. The first-order chi connectivity index (χ1) is 11.7. The van der Waals surface area contributed by atoms with Crippen molar-refractivity contribution in [3.63, 3.8) is 0 Å². The fourth-order valence-electron chi connectivity index (χ4n) is 2.67. The van der Waals surface area contributed by atoms with Crippen molar-refractivity contribution in [1.29, 1.82) is 10.8 Å². The molecule has 0 atom stereocenters. The summed E-state index contributed by atoms with van der Waals surface area (Å²) in [4.78, 5) is 13.2. The largest absolute Gasteiger partial charge is 0.324 e. The van der Waals surface area contributed by atoms with Gasteiger partial charge in [0.1, 0.15) is 11.2 Å². The Morgan fingerprint density at radius 2 is 2.04 bits per heavy atom. The zero-order chi connectivity index (χ0) is 16.9. The van der Waals surface area contributed by atoms with Crippen LogP contribution >= 0.6 is 0 Å². The Morgan fingerprint density at radius 1 is 1.17 bits per heavy atom. The van der Waals surface area contributed by atoms with Gasteiger partial charge in [-0.15, -0.1) is 0 Å². The molecule has 0 spiro atoms. The number of pyridine rings is 1. The molecule has 3 heterocycles. The van der Waals surface area contributed by atoms with Gasteiger partial charge < -0.3 is 4.57 Å². The van der Waals surface area contributed by atoms with Gasteiger partial charge in [0.25, 0.3) is 0 Å². The molecular formula is C17H19N7. The highest BCUT2D eigenvalue weighted by Gasteiger charge is 2.13. The van der Waals surface area contributed by atoms with Crippen LogP contribution in [0.1, 0.15) is 24.7 Å². The molecule has 0 saturated heterocycles. The van der Waals surface area contributed by atoms with Crippen molar-refractivity contribution in [3.8, 4) is 11.5 Å². The van der Waals surface area contributed by atoms with Gasteiger partial charge in [-0.1, -0.05) is 19.4 Å². The van der Waals surface area contributed by atoms with Gasteiger partial charge in [-0.2, -0.15) is 0 Å². The molecule has 24 heavy (non-hydrogen) atoms. The average Bonchev–Trinajstić information content (AvgIpc) is 3.07. The maximum absolute atomic E-state index is 7.93. The summed E-state index contributed by atoms with van der Waals surface area (Å²) < 4.78 is 3.56. The Labute approximate surface area is 139 Å². The van der Waals surface area contributed by atoms with Crippen LogP contribution in [-0.4, -0.2) is 30.4 Å². The molecule has 122 valence electrons. The van der Waals surface area contributed by atoms with Crippen molar-refractivity contribution >= 4 is 6.34 Å². The van der Waals surface area contributed by atoms with Gasteiger partial charge in [0.05, 0.1) is 24.8 Å². The molecule has 0 radical (unpaired) electrons. The van der Waals surface area contributed by atoms with Gasteiger partial charge in [0, 0.05) is 24.3 Å². The molecule has 0 unspecified atom stereocenters. The molecule has 3 rings (SSSR count). The zero-order valence-corrected chi connectivity index (χ0v) is 13.5. The average molecular weight is 321 g/mol. The Kier molecular flexibility index (Phi) is 4.60. The molecule has 3 aromatic heterocycles.